The number of allylic oxidation sites excluding steroid dienone is 2. The number of aliphatic imine (C=N–C) groups is 1. The summed E-state index contributed by atoms with van der Waals surface area (Å²) in [6.07, 6.45) is 7.06. The molecule has 12 heavy (non-hydrogen) atoms. The summed E-state index contributed by atoms with van der Waals surface area (Å²) in [7, 11) is 0. The summed E-state index contributed by atoms with van der Waals surface area (Å²) < 4.78 is 0. The largest absolute Gasteiger partial charge is 0.283 e. The molecule has 0 aromatic rings. The van der Waals surface area contributed by atoms with Crippen molar-refractivity contribution in [1.29, 1.82) is 0 Å². The van der Waals surface area contributed by atoms with E-state index in [4.69, 9.17) is 4.84 Å². The third kappa shape index (κ3) is 1.16. The van der Waals surface area contributed by atoms with Gasteiger partial charge < -0.3 is 0 Å². The quantitative estimate of drug-likeness (QED) is 0.617. The van der Waals surface area contributed by atoms with E-state index < -0.39 is 0 Å². The highest BCUT2D eigenvalue weighted by Crippen LogP contribution is 2.20. The Bertz CT molecular complexity index is 266. The molecule has 0 bridgehead atoms. The molecule has 2 aliphatic rings. The van der Waals surface area contributed by atoms with Crippen molar-refractivity contribution >= 4 is 5.71 Å². The van der Waals surface area contributed by atoms with E-state index in [-0.39, 0.29) is 0 Å². The van der Waals surface area contributed by atoms with Crippen molar-refractivity contribution in [3.63, 3.8) is 0 Å². The first-order valence-electron chi connectivity index (χ1n) is 4.24. The molecular weight excluding hydrogens is 152 g/mol. The minimum absolute atomic E-state index is 0.689. The van der Waals surface area contributed by atoms with E-state index in [9.17, 15) is 0 Å². The number of hydrogen-bond acceptors (Lipinski definition) is 3. The van der Waals surface area contributed by atoms with Crippen molar-refractivity contribution in [3.05, 3.63) is 24.0 Å². The van der Waals surface area contributed by atoms with E-state index in [0.717, 1.165) is 24.4 Å². The lowest BCUT2D eigenvalue weighted by atomic mass is 10.1. The lowest BCUT2D eigenvalue weighted by Crippen LogP contribution is -2.24. The van der Waals surface area contributed by atoms with E-state index in [0.29, 0.717) is 6.61 Å². The third-order valence-electron chi connectivity index (χ3n) is 1.92. The van der Waals surface area contributed by atoms with Gasteiger partial charge in [0.05, 0.1) is 24.6 Å². The van der Waals surface area contributed by atoms with Gasteiger partial charge in [-0.3, -0.25) is 9.83 Å². The Morgan fingerprint density at radius 3 is 3.42 bits per heavy atom. The monoisotopic (exact) mass is 164 g/mol. The van der Waals surface area contributed by atoms with Crippen LogP contribution in [0.3, 0.4) is 0 Å². The number of rotatable bonds is 2. The predicted molar refractivity (Wildman–Crippen MR) is 47.6 cm³/mol. The van der Waals surface area contributed by atoms with Gasteiger partial charge in [0, 0.05) is 12.6 Å². The smallest absolute Gasteiger partial charge is 0.0880 e. The molecule has 0 amide bonds. The van der Waals surface area contributed by atoms with Gasteiger partial charge in [0.25, 0.3) is 0 Å². The van der Waals surface area contributed by atoms with Crippen LogP contribution in [0.15, 0.2) is 29.0 Å². The Hall–Kier alpha value is -1.09. The van der Waals surface area contributed by atoms with E-state index in [2.05, 4.69) is 17.1 Å². The van der Waals surface area contributed by atoms with Gasteiger partial charge in [-0.2, -0.15) is 0 Å². The van der Waals surface area contributed by atoms with Gasteiger partial charge >= 0.3 is 0 Å². The normalized spacial score (nSPS) is 20.6. The summed E-state index contributed by atoms with van der Waals surface area (Å²) in [4.78, 5) is 9.74. The molecule has 3 nitrogen and oxygen atoms in total. The minimum atomic E-state index is 0.689. The molecule has 0 atom stereocenters. The van der Waals surface area contributed by atoms with Crippen LogP contribution in [0.5, 0.6) is 0 Å². The fourth-order valence-electron chi connectivity index (χ4n) is 1.42. The van der Waals surface area contributed by atoms with Crippen LogP contribution in [0, 0.1) is 0 Å². The highest BCUT2D eigenvalue weighted by atomic mass is 16.7. The number of hydroxylamine groups is 2. The van der Waals surface area contributed by atoms with Gasteiger partial charge in [-0.25, -0.2) is 5.06 Å². The summed E-state index contributed by atoms with van der Waals surface area (Å²) in [6.45, 7) is 3.47. The molecule has 3 heteroatoms. The zero-order chi connectivity index (χ0) is 8.39. The molecule has 0 saturated heterocycles. The fraction of sp³-hybridized carbons (Fsp3) is 0.444. The van der Waals surface area contributed by atoms with E-state index in [1.54, 1.807) is 5.06 Å². The van der Waals surface area contributed by atoms with Crippen LogP contribution >= 0.6 is 0 Å². The van der Waals surface area contributed by atoms with Crippen LogP contribution in [0.2, 0.25) is 0 Å². The van der Waals surface area contributed by atoms with E-state index in [1.807, 2.05) is 13.1 Å². The van der Waals surface area contributed by atoms with Crippen LogP contribution in [0.4, 0.5) is 0 Å². The van der Waals surface area contributed by atoms with Crippen molar-refractivity contribution in [3.8, 4) is 0 Å². The number of fused-ring (bicyclic) bond motifs is 1. The van der Waals surface area contributed by atoms with Crippen LogP contribution in [0.1, 0.15) is 13.3 Å². The molecule has 2 rings (SSSR count). The Morgan fingerprint density at radius 2 is 2.58 bits per heavy atom. The Balaban J connectivity index is 2.18. The molecule has 2 heterocycles. The molecule has 0 aromatic heterocycles. The molecule has 0 aromatic carbocycles. The minimum Gasteiger partial charge on any atom is -0.283 e. The van der Waals surface area contributed by atoms with E-state index in [1.165, 1.54) is 0 Å². The maximum atomic E-state index is 5.39. The molecule has 0 saturated carbocycles. The average Bonchev–Trinajstić information content (AvgIpc) is 2.53. The SMILES string of the molecule is CCON1C=CCC2=NCC=C21. The summed E-state index contributed by atoms with van der Waals surface area (Å²) in [5.41, 5.74) is 2.27. The third-order valence-corrected chi connectivity index (χ3v) is 1.92. The standard InChI is InChI=1S/C9H12N2O/c1-2-12-11-7-3-4-8-9(11)5-6-10-8/h3,5,7H,2,4,6H2,1H3. The van der Waals surface area contributed by atoms with Crippen LogP contribution in [0.25, 0.3) is 0 Å². The van der Waals surface area contributed by atoms with Crippen LogP contribution in [-0.2, 0) is 4.84 Å². The molecule has 64 valence electrons. The van der Waals surface area contributed by atoms with Crippen LogP contribution < -0.4 is 0 Å². The van der Waals surface area contributed by atoms with Crippen molar-refractivity contribution < 1.29 is 4.84 Å². The van der Waals surface area contributed by atoms with Gasteiger partial charge in [0.1, 0.15) is 0 Å². The molecule has 0 aliphatic carbocycles. The lowest BCUT2D eigenvalue weighted by Gasteiger charge is -2.24. The Kier molecular flexibility index (Phi) is 1.96. The van der Waals surface area contributed by atoms with Gasteiger partial charge in [-0.1, -0.05) is 6.08 Å². The predicted octanol–water partition coefficient (Wildman–Crippen LogP) is 1.50. The first-order valence-corrected chi connectivity index (χ1v) is 4.24. The van der Waals surface area contributed by atoms with Crippen molar-refractivity contribution in [2.24, 2.45) is 4.99 Å². The second kappa shape index (κ2) is 3.11. The van der Waals surface area contributed by atoms with Gasteiger partial charge in [0.2, 0.25) is 0 Å². The Labute approximate surface area is 72.0 Å². The molecular formula is C9H12N2O. The molecule has 0 N–H and O–H groups in total. The van der Waals surface area contributed by atoms with Gasteiger partial charge in [0.15, 0.2) is 0 Å². The second-order valence-corrected chi connectivity index (χ2v) is 2.71. The van der Waals surface area contributed by atoms with Gasteiger partial charge in [-0.15, -0.1) is 0 Å². The maximum absolute atomic E-state index is 5.39. The van der Waals surface area contributed by atoms with Crippen molar-refractivity contribution in [2.75, 3.05) is 13.2 Å². The molecule has 0 radical (unpaired) electrons. The summed E-state index contributed by atoms with van der Waals surface area (Å²) in [5.74, 6) is 0. The molecule has 0 unspecified atom stereocenters. The maximum Gasteiger partial charge on any atom is 0.0880 e. The number of nitrogens with zero attached hydrogens (tertiary/aromatic N) is 2. The highest BCUT2D eigenvalue weighted by molar-refractivity contribution is 6.02. The highest BCUT2D eigenvalue weighted by Gasteiger charge is 2.19. The zero-order valence-electron chi connectivity index (χ0n) is 7.16. The summed E-state index contributed by atoms with van der Waals surface area (Å²) >= 11 is 0. The first-order chi connectivity index (χ1) is 5.92. The molecule has 2 aliphatic heterocycles. The summed E-state index contributed by atoms with van der Waals surface area (Å²) in [6, 6.07) is 0. The molecule has 0 fully saturated rings. The Morgan fingerprint density at radius 1 is 1.67 bits per heavy atom. The van der Waals surface area contributed by atoms with Gasteiger partial charge in [-0.05, 0) is 13.0 Å². The van der Waals surface area contributed by atoms with E-state index >= 15 is 0 Å². The molecule has 0 spiro atoms. The first kappa shape index (κ1) is 7.55. The van der Waals surface area contributed by atoms with Crippen molar-refractivity contribution in [1.82, 2.24) is 5.06 Å². The lowest BCUT2D eigenvalue weighted by molar-refractivity contribution is -0.0818. The zero-order valence-corrected chi connectivity index (χ0v) is 7.16. The summed E-state index contributed by atoms with van der Waals surface area (Å²) in [5, 5.41) is 1.80. The topological polar surface area (TPSA) is 24.8 Å². The fourth-order valence-corrected chi connectivity index (χ4v) is 1.42. The number of hydrogen-bond donors (Lipinski definition) is 0. The second-order valence-electron chi connectivity index (χ2n) is 2.71. The van der Waals surface area contributed by atoms with Crippen LogP contribution in [-0.4, -0.2) is 23.9 Å². The van der Waals surface area contributed by atoms with Crippen molar-refractivity contribution in [2.45, 2.75) is 13.3 Å². The average molecular weight is 164 g/mol.